The lowest BCUT2D eigenvalue weighted by Gasteiger charge is -2.21. The molecule has 1 aromatic carbocycles. The molecule has 1 fully saturated rings. The standard InChI is InChI=1S/C17H28N2/c1-3-12-19-13-7-9-16(11-14-19)18-17-10-6-5-8-15(17)4-2/h5-6,8,10,16,18H,3-4,7,9,11-14H2,1-2H3. The maximum Gasteiger partial charge on any atom is 0.0374 e. The van der Waals surface area contributed by atoms with Crippen LogP contribution < -0.4 is 5.32 Å². The van der Waals surface area contributed by atoms with Crippen LogP contribution in [0.5, 0.6) is 0 Å². The molecule has 1 aliphatic heterocycles. The Kier molecular flexibility index (Phi) is 5.71. The summed E-state index contributed by atoms with van der Waals surface area (Å²) >= 11 is 0. The Morgan fingerprint density at radius 2 is 2.00 bits per heavy atom. The third-order valence-electron chi connectivity index (χ3n) is 4.12. The van der Waals surface area contributed by atoms with Crippen molar-refractivity contribution in [3.8, 4) is 0 Å². The van der Waals surface area contributed by atoms with E-state index in [-0.39, 0.29) is 0 Å². The fourth-order valence-corrected chi connectivity index (χ4v) is 3.03. The summed E-state index contributed by atoms with van der Waals surface area (Å²) in [7, 11) is 0. The summed E-state index contributed by atoms with van der Waals surface area (Å²) in [5, 5.41) is 3.78. The highest BCUT2D eigenvalue weighted by molar-refractivity contribution is 5.51. The molecule has 2 rings (SSSR count). The third-order valence-corrected chi connectivity index (χ3v) is 4.12. The van der Waals surface area contributed by atoms with E-state index in [2.05, 4.69) is 48.3 Å². The van der Waals surface area contributed by atoms with Crippen molar-refractivity contribution < 1.29 is 0 Å². The molecule has 1 atom stereocenters. The van der Waals surface area contributed by atoms with Gasteiger partial charge in [-0.2, -0.15) is 0 Å². The van der Waals surface area contributed by atoms with Crippen LogP contribution in [0.4, 0.5) is 5.69 Å². The Labute approximate surface area is 118 Å². The SMILES string of the molecule is CCCN1CCCC(Nc2ccccc2CC)CC1. The van der Waals surface area contributed by atoms with Crippen molar-refractivity contribution in [2.75, 3.05) is 25.0 Å². The molecule has 106 valence electrons. The molecule has 1 heterocycles. The Hall–Kier alpha value is -1.02. The summed E-state index contributed by atoms with van der Waals surface area (Å²) in [4.78, 5) is 2.62. The van der Waals surface area contributed by atoms with Gasteiger partial charge in [0.25, 0.3) is 0 Å². The number of benzene rings is 1. The zero-order chi connectivity index (χ0) is 13.5. The Morgan fingerprint density at radius 3 is 2.79 bits per heavy atom. The second kappa shape index (κ2) is 7.54. The highest BCUT2D eigenvalue weighted by Crippen LogP contribution is 2.20. The van der Waals surface area contributed by atoms with Gasteiger partial charge in [0.15, 0.2) is 0 Å². The van der Waals surface area contributed by atoms with Crippen molar-refractivity contribution in [3.05, 3.63) is 29.8 Å². The van der Waals surface area contributed by atoms with Crippen molar-refractivity contribution in [1.29, 1.82) is 0 Å². The van der Waals surface area contributed by atoms with E-state index in [0.29, 0.717) is 6.04 Å². The predicted molar refractivity (Wildman–Crippen MR) is 83.8 cm³/mol. The van der Waals surface area contributed by atoms with E-state index in [9.17, 15) is 0 Å². The summed E-state index contributed by atoms with van der Waals surface area (Å²) < 4.78 is 0. The van der Waals surface area contributed by atoms with Crippen molar-refractivity contribution in [2.24, 2.45) is 0 Å². The van der Waals surface area contributed by atoms with Crippen molar-refractivity contribution >= 4 is 5.69 Å². The van der Waals surface area contributed by atoms with Crippen LogP contribution in [0.25, 0.3) is 0 Å². The van der Waals surface area contributed by atoms with Gasteiger partial charge in [0, 0.05) is 18.3 Å². The normalized spacial score (nSPS) is 21.1. The highest BCUT2D eigenvalue weighted by Gasteiger charge is 2.16. The van der Waals surface area contributed by atoms with E-state index in [1.54, 1.807) is 0 Å². The van der Waals surface area contributed by atoms with Crippen molar-refractivity contribution in [1.82, 2.24) is 4.90 Å². The summed E-state index contributed by atoms with van der Waals surface area (Å²) in [6.07, 6.45) is 6.29. The lowest BCUT2D eigenvalue weighted by molar-refractivity contribution is 0.285. The van der Waals surface area contributed by atoms with Gasteiger partial charge < -0.3 is 10.2 Å². The first-order chi connectivity index (χ1) is 9.33. The van der Waals surface area contributed by atoms with Crippen LogP contribution in [0.3, 0.4) is 0 Å². The molecule has 0 aromatic heterocycles. The maximum atomic E-state index is 3.78. The van der Waals surface area contributed by atoms with E-state index in [1.807, 2.05) is 0 Å². The summed E-state index contributed by atoms with van der Waals surface area (Å²) in [5.74, 6) is 0. The molecule has 0 saturated carbocycles. The molecule has 1 aliphatic rings. The topological polar surface area (TPSA) is 15.3 Å². The molecule has 0 aliphatic carbocycles. The van der Waals surface area contributed by atoms with Gasteiger partial charge in [-0.25, -0.2) is 0 Å². The molecule has 0 bridgehead atoms. The van der Waals surface area contributed by atoms with Gasteiger partial charge in [-0.1, -0.05) is 32.0 Å². The van der Waals surface area contributed by atoms with Crippen LogP contribution in [0.15, 0.2) is 24.3 Å². The van der Waals surface area contributed by atoms with Crippen LogP contribution in [-0.4, -0.2) is 30.6 Å². The van der Waals surface area contributed by atoms with Gasteiger partial charge in [-0.3, -0.25) is 0 Å². The summed E-state index contributed by atoms with van der Waals surface area (Å²) in [5.41, 5.74) is 2.79. The number of hydrogen-bond donors (Lipinski definition) is 1. The van der Waals surface area contributed by atoms with Crippen molar-refractivity contribution in [3.63, 3.8) is 0 Å². The van der Waals surface area contributed by atoms with Gasteiger partial charge in [-0.15, -0.1) is 0 Å². The first kappa shape index (κ1) is 14.4. The quantitative estimate of drug-likeness (QED) is 0.863. The Balaban J connectivity index is 1.92. The minimum absolute atomic E-state index is 0.648. The molecule has 0 spiro atoms. The molecular formula is C17H28N2. The molecule has 1 aromatic rings. The number of nitrogens with zero attached hydrogens (tertiary/aromatic N) is 1. The number of para-hydroxylation sites is 1. The molecular weight excluding hydrogens is 232 g/mol. The molecule has 1 N–H and O–H groups in total. The second-order valence-electron chi connectivity index (χ2n) is 5.62. The molecule has 1 unspecified atom stereocenters. The largest absolute Gasteiger partial charge is 0.382 e. The monoisotopic (exact) mass is 260 g/mol. The molecule has 2 heteroatoms. The predicted octanol–water partition coefficient (Wildman–Crippen LogP) is 3.93. The summed E-state index contributed by atoms with van der Waals surface area (Å²) in [6.45, 7) is 8.30. The van der Waals surface area contributed by atoms with Crippen LogP contribution in [0.1, 0.15) is 45.1 Å². The maximum absolute atomic E-state index is 3.78. The van der Waals surface area contributed by atoms with E-state index in [0.717, 1.165) is 6.42 Å². The third kappa shape index (κ3) is 4.24. The number of aryl methyl sites for hydroxylation is 1. The first-order valence-electron chi connectivity index (χ1n) is 7.90. The van der Waals surface area contributed by atoms with Crippen LogP contribution in [0, 0.1) is 0 Å². The number of rotatable bonds is 5. The minimum atomic E-state index is 0.648. The van der Waals surface area contributed by atoms with Gasteiger partial charge >= 0.3 is 0 Å². The smallest absolute Gasteiger partial charge is 0.0374 e. The lowest BCUT2D eigenvalue weighted by atomic mass is 10.1. The molecule has 19 heavy (non-hydrogen) atoms. The van der Waals surface area contributed by atoms with Crippen LogP contribution in [0.2, 0.25) is 0 Å². The van der Waals surface area contributed by atoms with Crippen molar-refractivity contribution in [2.45, 2.75) is 52.0 Å². The van der Waals surface area contributed by atoms with E-state index in [4.69, 9.17) is 0 Å². The minimum Gasteiger partial charge on any atom is -0.382 e. The number of likely N-dealkylation sites (tertiary alicyclic amines) is 1. The van der Waals surface area contributed by atoms with Crippen LogP contribution >= 0.6 is 0 Å². The Morgan fingerprint density at radius 1 is 1.16 bits per heavy atom. The average molecular weight is 260 g/mol. The lowest BCUT2D eigenvalue weighted by Crippen LogP contribution is -2.27. The van der Waals surface area contributed by atoms with Crippen LogP contribution in [-0.2, 0) is 6.42 Å². The second-order valence-corrected chi connectivity index (χ2v) is 5.62. The fourth-order valence-electron chi connectivity index (χ4n) is 3.03. The average Bonchev–Trinajstić information content (AvgIpc) is 2.66. The number of hydrogen-bond acceptors (Lipinski definition) is 2. The molecule has 1 saturated heterocycles. The van der Waals surface area contributed by atoms with E-state index >= 15 is 0 Å². The molecule has 2 nitrogen and oxygen atoms in total. The fraction of sp³-hybridized carbons (Fsp3) is 0.647. The van der Waals surface area contributed by atoms with Gasteiger partial charge in [0.05, 0.1) is 0 Å². The highest BCUT2D eigenvalue weighted by atomic mass is 15.1. The van der Waals surface area contributed by atoms with Gasteiger partial charge in [0.2, 0.25) is 0 Å². The number of anilines is 1. The zero-order valence-corrected chi connectivity index (χ0v) is 12.5. The summed E-state index contributed by atoms with van der Waals surface area (Å²) in [6, 6.07) is 9.40. The van der Waals surface area contributed by atoms with Gasteiger partial charge in [0.1, 0.15) is 0 Å². The van der Waals surface area contributed by atoms with E-state index in [1.165, 1.54) is 56.6 Å². The Bertz CT molecular complexity index is 375. The molecule has 0 amide bonds. The first-order valence-corrected chi connectivity index (χ1v) is 7.90. The van der Waals surface area contributed by atoms with E-state index < -0.39 is 0 Å². The molecule has 0 radical (unpaired) electrons. The van der Waals surface area contributed by atoms with Gasteiger partial charge in [-0.05, 0) is 56.8 Å². The number of nitrogens with one attached hydrogen (secondary N) is 1. The zero-order valence-electron chi connectivity index (χ0n) is 12.5.